The van der Waals surface area contributed by atoms with Crippen LogP contribution in [-0.4, -0.2) is 31.4 Å². The quantitative estimate of drug-likeness (QED) is 0.905. The third-order valence-corrected chi connectivity index (χ3v) is 5.18. The highest BCUT2D eigenvalue weighted by molar-refractivity contribution is 7.89. The van der Waals surface area contributed by atoms with Crippen LogP contribution in [0.4, 0.5) is 0 Å². The summed E-state index contributed by atoms with van der Waals surface area (Å²) in [6, 6.07) is 2.75. The molecule has 0 unspecified atom stereocenters. The van der Waals surface area contributed by atoms with Crippen molar-refractivity contribution < 1.29 is 13.5 Å². The van der Waals surface area contributed by atoms with Crippen molar-refractivity contribution in [2.45, 2.75) is 25.3 Å². The van der Waals surface area contributed by atoms with E-state index in [1.165, 1.54) is 23.5 Å². The standard InChI is InChI=1S/C12H17Cl2NO3S/c1-8(2)6-15(3)19(17,18)11-5-10(13)4-9(7-16)12(11)14/h4-5,8,16H,6-7H2,1-3H3. The summed E-state index contributed by atoms with van der Waals surface area (Å²) in [5.41, 5.74) is 0.297. The zero-order valence-electron chi connectivity index (χ0n) is 11.0. The van der Waals surface area contributed by atoms with Gasteiger partial charge < -0.3 is 5.11 Å². The van der Waals surface area contributed by atoms with Crippen LogP contribution in [0.5, 0.6) is 0 Å². The number of aliphatic hydroxyl groups is 1. The van der Waals surface area contributed by atoms with Gasteiger partial charge in [0, 0.05) is 18.6 Å². The summed E-state index contributed by atoms with van der Waals surface area (Å²) in [5, 5.41) is 9.41. The van der Waals surface area contributed by atoms with E-state index in [4.69, 9.17) is 28.3 Å². The molecule has 0 saturated heterocycles. The van der Waals surface area contributed by atoms with Crippen LogP contribution in [0.3, 0.4) is 0 Å². The van der Waals surface area contributed by atoms with Crippen molar-refractivity contribution in [1.29, 1.82) is 0 Å². The van der Waals surface area contributed by atoms with Crippen molar-refractivity contribution in [3.63, 3.8) is 0 Å². The zero-order chi connectivity index (χ0) is 14.8. The lowest BCUT2D eigenvalue weighted by molar-refractivity contribution is 0.281. The van der Waals surface area contributed by atoms with Gasteiger partial charge in [0.1, 0.15) is 4.90 Å². The number of hydrogen-bond donors (Lipinski definition) is 1. The topological polar surface area (TPSA) is 57.6 Å². The molecule has 0 heterocycles. The van der Waals surface area contributed by atoms with E-state index in [-0.39, 0.29) is 27.5 Å². The molecular formula is C12H17Cl2NO3S. The van der Waals surface area contributed by atoms with Gasteiger partial charge in [-0.3, -0.25) is 0 Å². The van der Waals surface area contributed by atoms with E-state index in [0.29, 0.717) is 12.1 Å². The van der Waals surface area contributed by atoms with E-state index in [9.17, 15) is 8.42 Å². The summed E-state index contributed by atoms with van der Waals surface area (Å²) in [6.07, 6.45) is 0. The molecule has 0 aliphatic carbocycles. The molecule has 1 rings (SSSR count). The molecular weight excluding hydrogens is 309 g/mol. The lowest BCUT2D eigenvalue weighted by atomic mass is 10.2. The molecule has 7 heteroatoms. The average Bonchev–Trinajstić information content (AvgIpc) is 2.30. The number of sulfonamides is 1. The van der Waals surface area contributed by atoms with Crippen molar-refractivity contribution >= 4 is 33.2 Å². The van der Waals surface area contributed by atoms with Gasteiger partial charge in [-0.15, -0.1) is 0 Å². The second kappa shape index (κ2) is 6.41. The van der Waals surface area contributed by atoms with Crippen molar-refractivity contribution in [3.05, 3.63) is 27.7 Å². The normalized spacial score (nSPS) is 12.4. The first-order valence-corrected chi connectivity index (χ1v) is 7.94. The fourth-order valence-corrected chi connectivity index (χ4v) is 3.93. The highest BCUT2D eigenvalue weighted by Crippen LogP contribution is 2.31. The first-order valence-electron chi connectivity index (χ1n) is 5.75. The second-order valence-electron chi connectivity index (χ2n) is 4.71. The molecule has 1 N–H and O–H groups in total. The van der Waals surface area contributed by atoms with Gasteiger partial charge in [-0.25, -0.2) is 12.7 Å². The van der Waals surface area contributed by atoms with E-state index in [0.717, 1.165) is 0 Å². The predicted molar refractivity (Wildman–Crippen MR) is 77.0 cm³/mol. The van der Waals surface area contributed by atoms with Gasteiger partial charge in [0.15, 0.2) is 0 Å². The smallest absolute Gasteiger partial charge is 0.244 e. The Morgan fingerprint density at radius 2 is 1.89 bits per heavy atom. The molecule has 1 aromatic rings. The Hall–Kier alpha value is -0.330. The monoisotopic (exact) mass is 325 g/mol. The Morgan fingerprint density at radius 3 is 2.37 bits per heavy atom. The van der Waals surface area contributed by atoms with Crippen LogP contribution in [0.25, 0.3) is 0 Å². The van der Waals surface area contributed by atoms with Crippen molar-refractivity contribution in [3.8, 4) is 0 Å². The van der Waals surface area contributed by atoms with Gasteiger partial charge in [0.2, 0.25) is 10.0 Å². The Kier molecular flexibility index (Phi) is 5.65. The summed E-state index contributed by atoms with van der Waals surface area (Å²) in [4.78, 5) is -0.0751. The average molecular weight is 326 g/mol. The maximum atomic E-state index is 12.4. The van der Waals surface area contributed by atoms with Gasteiger partial charge in [-0.1, -0.05) is 37.0 Å². The lowest BCUT2D eigenvalue weighted by Crippen LogP contribution is -2.30. The molecule has 0 bridgehead atoms. The van der Waals surface area contributed by atoms with Crippen LogP contribution >= 0.6 is 23.2 Å². The van der Waals surface area contributed by atoms with Crippen LogP contribution in [0.15, 0.2) is 17.0 Å². The molecule has 0 aliphatic rings. The van der Waals surface area contributed by atoms with E-state index >= 15 is 0 Å². The third-order valence-electron chi connectivity index (χ3n) is 2.56. The molecule has 0 fully saturated rings. The molecule has 0 spiro atoms. The largest absolute Gasteiger partial charge is 0.392 e. The molecule has 0 aliphatic heterocycles. The first-order chi connectivity index (χ1) is 8.70. The molecule has 0 amide bonds. The maximum Gasteiger partial charge on any atom is 0.244 e. The lowest BCUT2D eigenvalue weighted by Gasteiger charge is -2.20. The van der Waals surface area contributed by atoms with E-state index in [1.54, 1.807) is 0 Å². The van der Waals surface area contributed by atoms with E-state index in [2.05, 4.69) is 0 Å². The fourth-order valence-electron chi connectivity index (χ4n) is 1.70. The van der Waals surface area contributed by atoms with Crippen LogP contribution in [-0.2, 0) is 16.6 Å². The Morgan fingerprint density at radius 1 is 1.32 bits per heavy atom. The third kappa shape index (κ3) is 3.83. The van der Waals surface area contributed by atoms with Gasteiger partial charge in [-0.2, -0.15) is 0 Å². The number of benzene rings is 1. The molecule has 19 heavy (non-hydrogen) atoms. The molecule has 0 saturated carbocycles. The van der Waals surface area contributed by atoms with Crippen molar-refractivity contribution in [1.82, 2.24) is 4.31 Å². The summed E-state index contributed by atoms with van der Waals surface area (Å²) >= 11 is 11.9. The highest BCUT2D eigenvalue weighted by Gasteiger charge is 2.26. The predicted octanol–water partition coefficient (Wildman–Crippen LogP) is 2.76. The van der Waals surface area contributed by atoms with Gasteiger partial charge >= 0.3 is 0 Å². The second-order valence-corrected chi connectivity index (χ2v) is 7.54. The fraction of sp³-hybridized carbons (Fsp3) is 0.500. The molecule has 0 radical (unpaired) electrons. The van der Waals surface area contributed by atoms with Gasteiger partial charge in [0.25, 0.3) is 0 Å². The van der Waals surface area contributed by atoms with Crippen LogP contribution < -0.4 is 0 Å². The molecule has 108 valence electrons. The van der Waals surface area contributed by atoms with Gasteiger partial charge in [-0.05, 0) is 23.6 Å². The van der Waals surface area contributed by atoms with Crippen LogP contribution in [0.2, 0.25) is 10.0 Å². The summed E-state index contributed by atoms with van der Waals surface area (Å²) < 4.78 is 26.1. The number of aliphatic hydroxyl groups excluding tert-OH is 1. The molecule has 4 nitrogen and oxygen atoms in total. The first kappa shape index (κ1) is 16.7. The summed E-state index contributed by atoms with van der Waals surface area (Å²) in [6.45, 7) is 3.85. The Bertz CT molecular complexity index is 558. The minimum absolute atomic E-state index is 0.0162. The maximum absolute atomic E-state index is 12.4. The highest BCUT2D eigenvalue weighted by atomic mass is 35.5. The zero-order valence-corrected chi connectivity index (χ0v) is 13.3. The van der Waals surface area contributed by atoms with Crippen LogP contribution in [0, 0.1) is 5.92 Å². The van der Waals surface area contributed by atoms with Crippen molar-refractivity contribution in [2.24, 2.45) is 5.92 Å². The SMILES string of the molecule is CC(C)CN(C)S(=O)(=O)c1cc(Cl)cc(CO)c1Cl. The number of hydrogen-bond acceptors (Lipinski definition) is 3. The van der Waals surface area contributed by atoms with E-state index < -0.39 is 10.0 Å². The Balaban J connectivity index is 3.32. The van der Waals surface area contributed by atoms with E-state index in [1.807, 2.05) is 13.8 Å². The summed E-state index contributed by atoms with van der Waals surface area (Å²) in [5.74, 6) is 0.190. The summed E-state index contributed by atoms with van der Waals surface area (Å²) in [7, 11) is -2.22. The van der Waals surface area contributed by atoms with Crippen molar-refractivity contribution in [2.75, 3.05) is 13.6 Å². The molecule has 1 aromatic carbocycles. The number of halogens is 2. The number of nitrogens with zero attached hydrogens (tertiary/aromatic N) is 1. The van der Waals surface area contributed by atoms with Gasteiger partial charge in [0.05, 0.1) is 11.6 Å². The molecule has 0 atom stereocenters. The molecule has 0 aromatic heterocycles. The minimum Gasteiger partial charge on any atom is -0.392 e. The minimum atomic E-state index is -3.71. The number of rotatable bonds is 5. The van der Waals surface area contributed by atoms with Crippen LogP contribution in [0.1, 0.15) is 19.4 Å². The Labute approximate surface area is 124 Å².